The average molecular weight is 455 g/mol. The van der Waals surface area contributed by atoms with E-state index in [0.717, 1.165) is 36.3 Å². The summed E-state index contributed by atoms with van der Waals surface area (Å²) in [7, 11) is -2.42. The Labute approximate surface area is 180 Å². The van der Waals surface area contributed by atoms with Crippen molar-refractivity contribution in [3.05, 3.63) is 44.5 Å². The summed E-state index contributed by atoms with van der Waals surface area (Å²) in [6.45, 7) is 4.38. The van der Waals surface area contributed by atoms with Gasteiger partial charge in [-0.1, -0.05) is 17.8 Å². The highest BCUT2D eigenvalue weighted by atomic mass is 32.2. The number of rotatable bonds is 7. The van der Waals surface area contributed by atoms with Crippen LogP contribution in [-0.4, -0.2) is 49.6 Å². The van der Waals surface area contributed by atoms with Crippen molar-refractivity contribution < 1.29 is 22.7 Å². The molecule has 1 atom stereocenters. The third-order valence-corrected chi connectivity index (χ3v) is 8.17. The Morgan fingerprint density at radius 3 is 2.70 bits per heavy atom. The summed E-state index contributed by atoms with van der Waals surface area (Å²) in [6.07, 6.45) is 2.59. The van der Waals surface area contributed by atoms with Crippen LogP contribution in [0.1, 0.15) is 42.2 Å². The number of sulfonamides is 1. The Morgan fingerprint density at radius 1 is 1.30 bits per heavy atom. The molecular formula is C20H26N2O6S2. The van der Waals surface area contributed by atoms with E-state index in [1.807, 2.05) is 13.8 Å². The molecular weight excluding hydrogens is 428 g/mol. The fourth-order valence-corrected chi connectivity index (χ4v) is 6.19. The lowest BCUT2D eigenvalue weighted by Gasteiger charge is -2.32. The molecule has 10 heteroatoms. The van der Waals surface area contributed by atoms with Gasteiger partial charge >= 0.3 is 10.8 Å². The minimum atomic E-state index is -3.82. The monoisotopic (exact) mass is 454 g/mol. The molecule has 0 radical (unpaired) electrons. The van der Waals surface area contributed by atoms with Crippen LogP contribution in [0.3, 0.4) is 0 Å². The van der Waals surface area contributed by atoms with Gasteiger partial charge in [0.25, 0.3) is 0 Å². The quantitative estimate of drug-likeness (QED) is 0.597. The lowest BCUT2D eigenvalue weighted by molar-refractivity contribution is 0.0489. The molecule has 2 aromatic rings. The van der Waals surface area contributed by atoms with Crippen LogP contribution in [0.15, 0.2) is 33.3 Å². The van der Waals surface area contributed by atoms with E-state index in [9.17, 15) is 18.0 Å². The maximum atomic E-state index is 13.3. The van der Waals surface area contributed by atoms with Gasteiger partial charge in [-0.2, -0.15) is 4.31 Å². The van der Waals surface area contributed by atoms with Crippen LogP contribution in [0.2, 0.25) is 0 Å². The predicted octanol–water partition coefficient (Wildman–Crippen LogP) is 2.65. The van der Waals surface area contributed by atoms with Crippen LogP contribution in [0.5, 0.6) is 5.75 Å². The summed E-state index contributed by atoms with van der Waals surface area (Å²) in [5, 5.41) is 1.74. The van der Waals surface area contributed by atoms with E-state index in [1.54, 1.807) is 5.38 Å². The third-order valence-electron chi connectivity index (χ3n) is 5.25. The standard InChI is InChI=1S/C20H26N2O6S2/c1-14-6-4-5-9-22(14)30(25,26)18-12-16(7-8-17(18)27-3)19(23)28-11-10-21-15(2)13-29-20(21)24/h7-8,12-14H,4-6,9-11H2,1-3H3. The lowest BCUT2D eigenvalue weighted by Crippen LogP contribution is -2.42. The highest BCUT2D eigenvalue weighted by Crippen LogP contribution is 2.31. The number of thiazole rings is 1. The van der Waals surface area contributed by atoms with Crippen molar-refractivity contribution in [1.82, 2.24) is 8.87 Å². The Kier molecular flexibility index (Phi) is 6.99. The summed E-state index contributed by atoms with van der Waals surface area (Å²) in [6, 6.07) is 4.13. The smallest absolute Gasteiger partial charge is 0.338 e. The topological polar surface area (TPSA) is 94.9 Å². The number of carbonyl (C=O) groups excluding carboxylic acids is 1. The van der Waals surface area contributed by atoms with Gasteiger partial charge in [-0.15, -0.1) is 0 Å². The Balaban J connectivity index is 1.79. The number of ether oxygens (including phenoxy) is 2. The predicted molar refractivity (Wildman–Crippen MR) is 114 cm³/mol. The number of hydrogen-bond acceptors (Lipinski definition) is 7. The van der Waals surface area contributed by atoms with E-state index in [0.29, 0.717) is 6.54 Å². The molecule has 0 aliphatic carbocycles. The van der Waals surface area contributed by atoms with Gasteiger partial charge in [-0.25, -0.2) is 13.2 Å². The van der Waals surface area contributed by atoms with Gasteiger partial charge in [0.2, 0.25) is 10.0 Å². The van der Waals surface area contributed by atoms with Gasteiger partial charge in [0, 0.05) is 23.7 Å². The van der Waals surface area contributed by atoms with Crippen LogP contribution in [-0.2, 0) is 21.3 Å². The summed E-state index contributed by atoms with van der Waals surface area (Å²) in [5.41, 5.74) is 0.919. The minimum Gasteiger partial charge on any atom is -0.495 e. The fourth-order valence-electron chi connectivity index (χ4n) is 3.55. The van der Waals surface area contributed by atoms with E-state index in [-0.39, 0.29) is 40.3 Å². The fraction of sp³-hybridized carbons (Fsp3) is 0.500. The van der Waals surface area contributed by atoms with Crippen molar-refractivity contribution in [2.75, 3.05) is 20.3 Å². The first kappa shape index (κ1) is 22.5. The normalized spacial score (nSPS) is 17.6. The first-order valence-electron chi connectivity index (χ1n) is 9.77. The molecule has 0 N–H and O–H groups in total. The first-order chi connectivity index (χ1) is 14.3. The first-order valence-corrected chi connectivity index (χ1v) is 12.1. The number of nitrogens with zero attached hydrogens (tertiary/aromatic N) is 2. The number of hydrogen-bond donors (Lipinski definition) is 0. The highest BCUT2D eigenvalue weighted by Gasteiger charge is 2.33. The van der Waals surface area contributed by atoms with E-state index < -0.39 is 16.0 Å². The van der Waals surface area contributed by atoms with E-state index in [4.69, 9.17) is 9.47 Å². The maximum Gasteiger partial charge on any atom is 0.338 e. The van der Waals surface area contributed by atoms with Gasteiger partial charge in [0.05, 0.1) is 19.2 Å². The van der Waals surface area contributed by atoms with Crippen LogP contribution >= 0.6 is 11.3 Å². The zero-order valence-electron chi connectivity index (χ0n) is 17.3. The van der Waals surface area contributed by atoms with Gasteiger partial charge in [-0.05, 0) is 44.9 Å². The van der Waals surface area contributed by atoms with Crippen molar-refractivity contribution in [2.24, 2.45) is 0 Å². The summed E-state index contributed by atoms with van der Waals surface area (Å²) in [5.74, 6) is -0.466. The van der Waals surface area contributed by atoms with Gasteiger partial charge in [0.15, 0.2) is 0 Å². The summed E-state index contributed by atoms with van der Waals surface area (Å²) in [4.78, 5) is 24.1. The molecule has 30 heavy (non-hydrogen) atoms. The third kappa shape index (κ3) is 4.60. The SMILES string of the molecule is COc1ccc(C(=O)OCCn2c(C)csc2=O)cc1S(=O)(=O)N1CCCCC1C. The zero-order chi connectivity index (χ0) is 21.9. The van der Waals surface area contributed by atoms with Crippen molar-refractivity contribution in [3.63, 3.8) is 0 Å². The number of aryl methyl sites for hydroxylation is 1. The van der Waals surface area contributed by atoms with E-state index >= 15 is 0 Å². The van der Waals surface area contributed by atoms with Crippen LogP contribution < -0.4 is 9.61 Å². The molecule has 1 saturated heterocycles. The second kappa shape index (κ2) is 9.32. The van der Waals surface area contributed by atoms with Crippen molar-refractivity contribution in [3.8, 4) is 5.75 Å². The molecule has 1 aliphatic heterocycles. The Morgan fingerprint density at radius 2 is 2.07 bits per heavy atom. The van der Waals surface area contributed by atoms with Crippen molar-refractivity contribution in [1.29, 1.82) is 0 Å². The largest absolute Gasteiger partial charge is 0.495 e. The molecule has 0 spiro atoms. The molecule has 1 aliphatic rings. The number of aromatic nitrogens is 1. The van der Waals surface area contributed by atoms with E-state index in [2.05, 4.69) is 0 Å². The summed E-state index contributed by atoms with van der Waals surface area (Å²) >= 11 is 1.09. The molecule has 1 fully saturated rings. The molecule has 164 valence electrons. The Bertz CT molecular complexity index is 1070. The molecule has 8 nitrogen and oxygen atoms in total. The Hall–Kier alpha value is -2.17. The molecule has 0 bridgehead atoms. The van der Waals surface area contributed by atoms with Crippen LogP contribution in [0.25, 0.3) is 0 Å². The number of methoxy groups -OCH3 is 1. The molecule has 0 saturated carbocycles. The molecule has 1 aromatic carbocycles. The molecule has 3 rings (SSSR count). The van der Waals surface area contributed by atoms with Crippen molar-refractivity contribution in [2.45, 2.75) is 50.6 Å². The molecule has 1 unspecified atom stereocenters. The number of esters is 1. The second-order valence-electron chi connectivity index (χ2n) is 7.26. The average Bonchev–Trinajstić information content (AvgIpc) is 3.05. The molecule has 0 amide bonds. The molecule has 2 heterocycles. The van der Waals surface area contributed by atoms with Gasteiger partial charge in [-0.3, -0.25) is 9.36 Å². The van der Waals surface area contributed by atoms with Crippen LogP contribution in [0, 0.1) is 6.92 Å². The maximum absolute atomic E-state index is 13.3. The minimum absolute atomic E-state index is 0.00752. The van der Waals surface area contributed by atoms with Crippen molar-refractivity contribution >= 4 is 27.3 Å². The molecule has 1 aromatic heterocycles. The highest BCUT2D eigenvalue weighted by molar-refractivity contribution is 7.89. The second-order valence-corrected chi connectivity index (χ2v) is 9.94. The number of piperidine rings is 1. The van der Waals surface area contributed by atoms with Gasteiger partial charge < -0.3 is 9.47 Å². The zero-order valence-corrected chi connectivity index (χ0v) is 18.9. The number of benzene rings is 1. The number of carbonyl (C=O) groups is 1. The van der Waals surface area contributed by atoms with E-state index in [1.165, 1.54) is 34.2 Å². The lowest BCUT2D eigenvalue weighted by atomic mass is 10.1. The summed E-state index contributed by atoms with van der Waals surface area (Å²) < 4.78 is 40.0. The van der Waals surface area contributed by atoms with Gasteiger partial charge in [0.1, 0.15) is 17.3 Å². The van der Waals surface area contributed by atoms with Crippen LogP contribution in [0.4, 0.5) is 0 Å².